The average Bonchev–Trinajstić information content (AvgIpc) is 1.99. The minimum Gasteiger partial charge on any atom is -0.481 e. The van der Waals surface area contributed by atoms with Crippen LogP contribution in [0.3, 0.4) is 0 Å². The van der Waals surface area contributed by atoms with E-state index in [1.165, 1.54) is 6.92 Å². The largest absolute Gasteiger partial charge is 0.481 e. The van der Waals surface area contributed by atoms with Crippen molar-refractivity contribution >= 4 is 23.7 Å². The van der Waals surface area contributed by atoms with E-state index in [1.54, 1.807) is 6.92 Å². The van der Waals surface area contributed by atoms with Gasteiger partial charge in [-0.2, -0.15) is 0 Å². The number of carboxylic acids is 2. The standard InChI is InChI=1S/C6H10O3.2C2H4O2/c1-3-9-6(8)4-5(2)7;2*1-2(3)4/h3-4H2,1-2H3;2*1H3,(H,3,4). The molecule has 7 heteroatoms. The van der Waals surface area contributed by atoms with Crippen molar-refractivity contribution in [3.8, 4) is 0 Å². The number of Topliss-reactive ketones (excluding diaryl/α,β-unsaturated/α-hetero) is 1. The molecule has 0 rings (SSSR count). The predicted molar refractivity (Wildman–Crippen MR) is 58.6 cm³/mol. The van der Waals surface area contributed by atoms with Gasteiger partial charge in [-0.15, -0.1) is 0 Å². The highest BCUT2D eigenvalue weighted by Crippen LogP contribution is 1.86. The van der Waals surface area contributed by atoms with Gasteiger partial charge in [0.05, 0.1) is 6.61 Å². The lowest BCUT2D eigenvalue weighted by molar-refractivity contribution is -0.145. The number of carbonyl (C=O) groups is 4. The molecular formula is C10H18O7. The number of ketones is 1. The van der Waals surface area contributed by atoms with Crippen LogP contribution in [0.25, 0.3) is 0 Å². The molecule has 0 atom stereocenters. The van der Waals surface area contributed by atoms with Gasteiger partial charge in [0.1, 0.15) is 12.2 Å². The number of hydrogen-bond donors (Lipinski definition) is 2. The molecule has 7 nitrogen and oxygen atoms in total. The summed E-state index contributed by atoms with van der Waals surface area (Å²) in [4.78, 5) is 38.6. The molecule has 0 unspecified atom stereocenters. The predicted octanol–water partition coefficient (Wildman–Crippen LogP) is 0.710. The Balaban J connectivity index is -0.000000205. The topological polar surface area (TPSA) is 118 Å². The zero-order chi connectivity index (χ0) is 14.4. The summed E-state index contributed by atoms with van der Waals surface area (Å²) in [6, 6.07) is 0. The fraction of sp³-hybridized carbons (Fsp3) is 0.600. The second-order valence-electron chi connectivity index (χ2n) is 2.72. The van der Waals surface area contributed by atoms with Gasteiger partial charge < -0.3 is 14.9 Å². The van der Waals surface area contributed by atoms with E-state index in [1.807, 2.05) is 0 Å². The van der Waals surface area contributed by atoms with Crippen LogP contribution in [-0.2, 0) is 23.9 Å². The van der Waals surface area contributed by atoms with Crippen LogP contribution in [-0.4, -0.2) is 40.5 Å². The van der Waals surface area contributed by atoms with Gasteiger partial charge in [-0.3, -0.25) is 19.2 Å². The average molecular weight is 250 g/mol. The van der Waals surface area contributed by atoms with Gasteiger partial charge in [0.15, 0.2) is 0 Å². The third-order valence-electron chi connectivity index (χ3n) is 0.699. The van der Waals surface area contributed by atoms with Gasteiger partial charge in [-0.25, -0.2) is 0 Å². The van der Waals surface area contributed by atoms with Crippen LogP contribution >= 0.6 is 0 Å². The first kappa shape index (κ1) is 20.5. The maximum absolute atomic E-state index is 10.4. The van der Waals surface area contributed by atoms with Crippen molar-refractivity contribution < 1.29 is 34.1 Å². The Kier molecular flexibility index (Phi) is 17.0. The Labute approximate surface area is 99.4 Å². The van der Waals surface area contributed by atoms with Crippen molar-refractivity contribution in [3.05, 3.63) is 0 Å². The highest BCUT2D eigenvalue weighted by atomic mass is 16.5. The molecule has 0 aromatic rings. The number of carboxylic acid groups (broad SMARTS) is 2. The van der Waals surface area contributed by atoms with Crippen LogP contribution in [0.5, 0.6) is 0 Å². The second-order valence-corrected chi connectivity index (χ2v) is 2.72. The number of carbonyl (C=O) groups excluding carboxylic acids is 2. The lowest BCUT2D eigenvalue weighted by Crippen LogP contribution is -2.07. The van der Waals surface area contributed by atoms with E-state index in [0.717, 1.165) is 13.8 Å². The molecule has 0 bridgehead atoms. The van der Waals surface area contributed by atoms with Crippen molar-refractivity contribution in [1.29, 1.82) is 0 Å². The van der Waals surface area contributed by atoms with Gasteiger partial charge in [0, 0.05) is 13.8 Å². The van der Waals surface area contributed by atoms with Gasteiger partial charge in [-0.1, -0.05) is 0 Å². The Hall–Kier alpha value is -1.92. The summed E-state index contributed by atoms with van der Waals surface area (Å²) in [5, 5.41) is 14.8. The number of ether oxygens (including phenoxy) is 1. The molecule has 0 heterocycles. The lowest BCUT2D eigenvalue weighted by atomic mass is 10.3. The molecule has 0 aliphatic heterocycles. The highest BCUT2D eigenvalue weighted by molar-refractivity contribution is 5.94. The third-order valence-corrected chi connectivity index (χ3v) is 0.699. The number of aliphatic carboxylic acids is 2. The van der Waals surface area contributed by atoms with Gasteiger partial charge in [-0.05, 0) is 13.8 Å². The van der Waals surface area contributed by atoms with E-state index in [2.05, 4.69) is 4.74 Å². The molecule has 100 valence electrons. The molecule has 0 amide bonds. The van der Waals surface area contributed by atoms with Crippen LogP contribution in [0.1, 0.15) is 34.1 Å². The van der Waals surface area contributed by atoms with E-state index in [4.69, 9.17) is 19.8 Å². The van der Waals surface area contributed by atoms with Crippen LogP contribution in [0.2, 0.25) is 0 Å². The maximum Gasteiger partial charge on any atom is 0.313 e. The first-order valence-corrected chi connectivity index (χ1v) is 4.67. The number of esters is 1. The lowest BCUT2D eigenvalue weighted by Gasteiger charge is -1.96. The van der Waals surface area contributed by atoms with E-state index >= 15 is 0 Å². The summed E-state index contributed by atoms with van der Waals surface area (Å²) in [6.45, 7) is 5.57. The van der Waals surface area contributed by atoms with Crippen molar-refractivity contribution in [2.45, 2.75) is 34.1 Å². The number of hydrogen-bond acceptors (Lipinski definition) is 5. The Bertz CT molecular complexity index is 237. The molecule has 2 N–H and O–H groups in total. The first-order valence-electron chi connectivity index (χ1n) is 4.67. The normalized spacial score (nSPS) is 7.53. The van der Waals surface area contributed by atoms with E-state index in [-0.39, 0.29) is 12.2 Å². The fourth-order valence-electron chi connectivity index (χ4n) is 0.415. The van der Waals surface area contributed by atoms with Gasteiger partial charge in [0.2, 0.25) is 0 Å². The van der Waals surface area contributed by atoms with Crippen molar-refractivity contribution in [1.82, 2.24) is 0 Å². The molecule has 0 spiro atoms. The molecule has 0 radical (unpaired) electrons. The Morgan fingerprint density at radius 3 is 1.41 bits per heavy atom. The van der Waals surface area contributed by atoms with Crippen LogP contribution in [0.4, 0.5) is 0 Å². The molecule has 17 heavy (non-hydrogen) atoms. The summed E-state index contributed by atoms with van der Waals surface area (Å²) in [7, 11) is 0. The molecule has 0 aromatic carbocycles. The molecule has 0 aromatic heterocycles. The molecule has 0 aliphatic rings. The molecule has 0 aliphatic carbocycles. The summed E-state index contributed by atoms with van der Waals surface area (Å²) >= 11 is 0. The minimum atomic E-state index is -0.833. The van der Waals surface area contributed by atoms with E-state index < -0.39 is 17.9 Å². The zero-order valence-corrected chi connectivity index (χ0v) is 10.3. The maximum atomic E-state index is 10.4. The van der Waals surface area contributed by atoms with Gasteiger partial charge in [0.25, 0.3) is 11.9 Å². The summed E-state index contributed by atoms with van der Waals surface area (Å²) in [5.74, 6) is -2.27. The monoisotopic (exact) mass is 250 g/mol. The van der Waals surface area contributed by atoms with Crippen molar-refractivity contribution in [3.63, 3.8) is 0 Å². The third kappa shape index (κ3) is 79.6. The van der Waals surface area contributed by atoms with Crippen LogP contribution < -0.4 is 0 Å². The molecule has 0 saturated carbocycles. The summed E-state index contributed by atoms with van der Waals surface area (Å²) < 4.78 is 4.49. The van der Waals surface area contributed by atoms with Crippen molar-refractivity contribution in [2.24, 2.45) is 0 Å². The second kappa shape index (κ2) is 14.1. The smallest absolute Gasteiger partial charge is 0.313 e. The molecule has 0 fully saturated rings. The first-order chi connectivity index (χ1) is 7.63. The van der Waals surface area contributed by atoms with Crippen LogP contribution in [0.15, 0.2) is 0 Å². The minimum absolute atomic E-state index is 0.103. The fourth-order valence-corrected chi connectivity index (χ4v) is 0.415. The molecular weight excluding hydrogens is 232 g/mol. The zero-order valence-electron chi connectivity index (χ0n) is 10.3. The van der Waals surface area contributed by atoms with E-state index in [0.29, 0.717) is 6.61 Å². The summed E-state index contributed by atoms with van der Waals surface area (Å²) in [6.07, 6.45) is -0.103. The quantitative estimate of drug-likeness (QED) is 0.559. The summed E-state index contributed by atoms with van der Waals surface area (Å²) in [5.41, 5.74) is 0. The Morgan fingerprint density at radius 1 is 0.941 bits per heavy atom. The Morgan fingerprint density at radius 2 is 1.24 bits per heavy atom. The van der Waals surface area contributed by atoms with Gasteiger partial charge >= 0.3 is 5.97 Å². The van der Waals surface area contributed by atoms with Crippen molar-refractivity contribution in [2.75, 3.05) is 6.61 Å². The SMILES string of the molecule is CC(=O)O.CC(=O)O.CCOC(=O)CC(C)=O. The number of rotatable bonds is 3. The van der Waals surface area contributed by atoms with Crippen LogP contribution in [0, 0.1) is 0 Å². The van der Waals surface area contributed by atoms with E-state index in [9.17, 15) is 9.59 Å². The molecule has 0 saturated heterocycles. The highest BCUT2D eigenvalue weighted by Gasteiger charge is 2.03.